The number of unbranched alkanes of at least 4 members (excludes halogenated alkanes) is 28. The first-order valence-electron chi connectivity index (χ1n) is 20.1. The van der Waals surface area contributed by atoms with Crippen molar-refractivity contribution in [2.75, 3.05) is 19.8 Å². The van der Waals surface area contributed by atoms with Gasteiger partial charge in [-0.3, -0.25) is 4.79 Å². The molecule has 0 radical (unpaired) electrons. The number of nitrogens with zero attached hydrogens (tertiary/aromatic N) is 1. The van der Waals surface area contributed by atoms with Gasteiger partial charge < -0.3 is 14.6 Å². The van der Waals surface area contributed by atoms with Gasteiger partial charge in [0.15, 0.2) is 11.4 Å². The van der Waals surface area contributed by atoms with Crippen LogP contribution in [0, 0.1) is 0 Å². The molecule has 1 atom stereocenters. The minimum atomic E-state index is -0.810. The molecule has 1 heterocycles. The third-order valence-corrected chi connectivity index (χ3v) is 9.64. The number of carbonyl (C=O) groups is 1. The van der Waals surface area contributed by atoms with Gasteiger partial charge in [0, 0.05) is 12.8 Å². The highest BCUT2D eigenvalue weighted by Crippen LogP contribution is 2.23. The molecule has 5 nitrogen and oxygen atoms in total. The first-order chi connectivity index (χ1) is 22.2. The molecule has 0 saturated heterocycles. The maximum atomic E-state index is 12.3. The van der Waals surface area contributed by atoms with Crippen LogP contribution in [0.25, 0.3) is 0 Å². The van der Waals surface area contributed by atoms with Gasteiger partial charge in [-0.25, -0.2) is 4.99 Å². The minimum absolute atomic E-state index is 0.115. The van der Waals surface area contributed by atoms with Crippen LogP contribution >= 0.6 is 0 Å². The number of ether oxygens (including phenoxy) is 2. The lowest BCUT2D eigenvalue weighted by Crippen LogP contribution is -2.39. The zero-order valence-corrected chi connectivity index (χ0v) is 30.4. The van der Waals surface area contributed by atoms with Crippen LogP contribution in [0.2, 0.25) is 0 Å². The number of hydrogen-bond acceptors (Lipinski definition) is 5. The third kappa shape index (κ3) is 25.6. The van der Waals surface area contributed by atoms with E-state index in [-0.39, 0.29) is 19.2 Å². The molecule has 0 aliphatic carbocycles. The Morgan fingerprint density at radius 2 is 0.956 bits per heavy atom. The van der Waals surface area contributed by atoms with Crippen molar-refractivity contribution >= 4 is 11.9 Å². The van der Waals surface area contributed by atoms with Crippen molar-refractivity contribution in [3.05, 3.63) is 0 Å². The van der Waals surface area contributed by atoms with E-state index in [0.29, 0.717) is 13.0 Å². The van der Waals surface area contributed by atoms with Crippen molar-refractivity contribution in [2.24, 2.45) is 4.99 Å². The van der Waals surface area contributed by atoms with Crippen LogP contribution in [0.15, 0.2) is 4.99 Å². The van der Waals surface area contributed by atoms with E-state index in [1.54, 1.807) is 0 Å². The summed E-state index contributed by atoms with van der Waals surface area (Å²) in [5.74, 6) is 0.542. The molecule has 0 aromatic heterocycles. The zero-order chi connectivity index (χ0) is 32.5. The summed E-state index contributed by atoms with van der Waals surface area (Å²) in [5, 5.41) is 9.99. The molecule has 1 aliphatic rings. The van der Waals surface area contributed by atoms with Crippen molar-refractivity contribution in [3.63, 3.8) is 0 Å². The van der Waals surface area contributed by atoms with Crippen LogP contribution in [0.5, 0.6) is 0 Å². The Morgan fingerprint density at radius 1 is 0.600 bits per heavy atom. The fourth-order valence-corrected chi connectivity index (χ4v) is 6.45. The molecule has 45 heavy (non-hydrogen) atoms. The normalized spacial score (nSPS) is 16.2. The highest BCUT2D eigenvalue weighted by Gasteiger charge is 2.37. The van der Waals surface area contributed by atoms with Crippen molar-refractivity contribution in [2.45, 2.75) is 225 Å². The van der Waals surface area contributed by atoms with Crippen LogP contribution < -0.4 is 0 Å². The molecule has 0 spiro atoms. The van der Waals surface area contributed by atoms with E-state index >= 15 is 0 Å². The van der Waals surface area contributed by atoms with E-state index in [2.05, 4.69) is 18.8 Å². The maximum absolute atomic E-state index is 12.3. The van der Waals surface area contributed by atoms with Gasteiger partial charge in [0.05, 0.1) is 6.61 Å². The second kappa shape index (κ2) is 31.5. The molecule has 0 aromatic rings. The van der Waals surface area contributed by atoms with Gasteiger partial charge in [-0.1, -0.05) is 194 Å². The lowest BCUT2D eigenvalue weighted by atomic mass is 10.0. The van der Waals surface area contributed by atoms with E-state index in [4.69, 9.17) is 9.47 Å². The summed E-state index contributed by atoms with van der Waals surface area (Å²) >= 11 is 0. The molecular weight excluding hydrogens is 558 g/mol. The Morgan fingerprint density at radius 3 is 1.33 bits per heavy atom. The Labute approximate surface area is 280 Å². The summed E-state index contributed by atoms with van der Waals surface area (Å²) in [6, 6.07) is 0. The average molecular weight is 636 g/mol. The summed E-state index contributed by atoms with van der Waals surface area (Å²) in [6.45, 7) is 4.83. The van der Waals surface area contributed by atoms with Crippen LogP contribution in [-0.2, 0) is 14.3 Å². The molecule has 1 rings (SSSR count). The van der Waals surface area contributed by atoms with Gasteiger partial charge in [-0.15, -0.1) is 0 Å². The number of carbonyl (C=O) groups excluding carboxylic acids is 1. The first kappa shape index (κ1) is 41.9. The molecule has 1 N–H and O–H groups in total. The molecule has 266 valence electrons. The minimum Gasteiger partial charge on any atom is -0.478 e. The van der Waals surface area contributed by atoms with Crippen molar-refractivity contribution in [3.8, 4) is 0 Å². The molecule has 0 fully saturated rings. The fraction of sp³-hybridized carbons (Fsp3) is 0.950. The lowest BCUT2D eigenvalue weighted by Gasteiger charge is -2.20. The second-order valence-electron chi connectivity index (χ2n) is 14.2. The van der Waals surface area contributed by atoms with Crippen LogP contribution in [0.1, 0.15) is 219 Å². The number of hydrogen-bond donors (Lipinski definition) is 1. The SMILES string of the molecule is CCCCCCCCCCCCCCCCCC(=O)OC[C@@]1(CO)COC(CCCCCCCCCCCCCCCCC)=N1. The van der Waals surface area contributed by atoms with E-state index in [0.717, 1.165) is 31.6 Å². The van der Waals surface area contributed by atoms with E-state index < -0.39 is 5.54 Å². The van der Waals surface area contributed by atoms with Gasteiger partial charge in [0.25, 0.3) is 0 Å². The summed E-state index contributed by atoms with van der Waals surface area (Å²) in [6.07, 6.45) is 41.2. The number of rotatable bonds is 35. The standard InChI is InChI=1S/C40H77NO4/c1-3-5-7-9-11-13-15-17-19-21-23-25-27-29-31-33-38-41-40(35-42,36-44-38)37-45-39(43)34-32-30-28-26-24-22-20-18-16-14-12-10-8-6-4-2/h42H,3-37H2,1-2H3/t40-/m1/s1. The molecule has 0 saturated carbocycles. The fourth-order valence-electron chi connectivity index (χ4n) is 6.45. The second-order valence-corrected chi connectivity index (χ2v) is 14.2. The number of aliphatic hydroxyl groups is 1. The number of aliphatic imine (C=N–C) groups is 1. The van der Waals surface area contributed by atoms with Crippen LogP contribution in [-0.4, -0.2) is 42.3 Å². The number of aliphatic hydroxyl groups excluding tert-OH is 1. The highest BCUT2D eigenvalue weighted by molar-refractivity contribution is 5.78. The van der Waals surface area contributed by atoms with Gasteiger partial charge >= 0.3 is 5.97 Å². The van der Waals surface area contributed by atoms with Gasteiger partial charge in [0.2, 0.25) is 0 Å². The first-order valence-corrected chi connectivity index (χ1v) is 20.1. The third-order valence-electron chi connectivity index (χ3n) is 9.64. The van der Waals surface area contributed by atoms with E-state index in [1.165, 1.54) is 173 Å². The summed E-state index contributed by atoms with van der Waals surface area (Å²) in [4.78, 5) is 17.0. The molecular formula is C40H77NO4. The van der Waals surface area contributed by atoms with Gasteiger partial charge in [0.1, 0.15) is 13.2 Å². The van der Waals surface area contributed by atoms with Crippen molar-refractivity contribution in [1.82, 2.24) is 0 Å². The Hall–Kier alpha value is -1.10. The molecule has 0 amide bonds. The maximum Gasteiger partial charge on any atom is 0.305 e. The average Bonchev–Trinajstić information content (AvgIpc) is 3.47. The topological polar surface area (TPSA) is 68.1 Å². The van der Waals surface area contributed by atoms with E-state index in [9.17, 15) is 9.90 Å². The summed E-state index contributed by atoms with van der Waals surface area (Å²) < 4.78 is 11.3. The Balaban J connectivity index is 1.94. The summed E-state index contributed by atoms with van der Waals surface area (Å²) in [5.41, 5.74) is -0.810. The number of esters is 1. The lowest BCUT2D eigenvalue weighted by molar-refractivity contribution is -0.146. The molecule has 5 heteroatoms. The largest absolute Gasteiger partial charge is 0.478 e. The quantitative estimate of drug-likeness (QED) is 0.0555. The molecule has 0 unspecified atom stereocenters. The monoisotopic (exact) mass is 636 g/mol. The van der Waals surface area contributed by atoms with Gasteiger partial charge in [-0.05, 0) is 12.8 Å². The van der Waals surface area contributed by atoms with E-state index in [1.807, 2.05) is 0 Å². The van der Waals surface area contributed by atoms with Gasteiger partial charge in [-0.2, -0.15) is 0 Å². The van der Waals surface area contributed by atoms with Crippen molar-refractivity contribution in [1.29, 1.82) is 0 Å². The van der Waals surface area contributed by atoms with Crippen LogP contribution in [0.3, 0.4) is 0 Å². The molecule has 0 aromatic carbocycles. The molecule has 0 bridgehead atoms. The van der Waals surface area contributed by atoms with Crippen LogP contribution in [0.4, 0.5) is 0 Å². The van der Waals surface area contributed by atoms with Crippen molar-refractivity contribution < 1.29 is 19.4 Å². The molecule has 1 aliphatic heterocycles. The highest BCUT2D eigenvalue weighted by atomic mass is 16.5. The summed E-state index contributed by atoms with van der Waals surface area (Å²) in [7, 11) is 0. The smallest absolute Gasteiger partial charge is 0.305 e. The Bertz CT molecular complexity index is 681. The predicted octanol–water partition coefficient (Wildman–Crippen LogP) is 12.2. The zero-order valence-electron chi connectivity index (χ0n) is 30.4. The Kier molecular flexibility index (Phi) is 29.3. The predicted molar refractivity (Wildman–Crippen MR) is 193 cm³/mol.